The Morgan fingerprint density at radius 2 is 1.74 bits per heavy atom. The molecule has 0 radical (unpaired) electrons. The number of benzene rings is 1. The van der Waals surface area contributed by atoms with Crippen LogP contribution in [-0.2, 0) is 4.79 Å². The van der Waals surface area contributed by atoms with Crippen LogP contribution in [0.1, 0.15) is 38.5 Å². The van der Waals surface area contributed by atoms with Crippen LogP contribution in [0.3, 0.4) is 0 Å². The molecule has 0 aliphatic carbocycles. The fraction of sp³-hybridized carbons (Fsp3) is 0.632. The first kappa shape index (κ1) is 16.3. The van der Waals surface area contributed by atoms with Gasteiger partial charge in [-0.25, -0.2) is 0 Å². The molecule has 0 N–H and O–H groups in total. The highest BCUT2D eigenvalue weighted by Gasteiger charge is 2.31. The first-order chi connectivity index (χ1) is 11.3. The zero-order valence-corrected chi connectivity index (χ0v) is 14.0. The van der Waals surface area contributed by atoms with Gasteiger partial charge in [0.25, 0.3) is 0 Å². The molecule has 0 atom stereocenters. The summed E-state index contributed by atoms with van der Waals surface area (Å²) in [4.78, 5) is 16.6. The zero-order valence-electron chi connectivity index (χ0n) is 14.0. The van der Waals surface area contributed by atoms with E-state index in [4.69, 9.17) is 4.74 Å². The van der Waals surface area contributed by atoms with Crippen LogP contribution in [0.4, 0.5) is 0 Å². The van der Waals surface area contributed by atoms with Crippen LogP contribution in [0.15, 0.2) is 30.3 Å². The van der Waals surface area contributed by atoms with Gasteiger partial charge in [0.1, 0.15) is 11.9 Å². The maximum atomic E-state index is 12.2. The third-order valence-corrected chi connectivity index (χ3v) is 4.81. The van der Waals surface area contributed by atoms with Crippen molar-refractivity contribution in [3.05, 3.63) is 30.3 Å². The molecular weight excluding hydrogens is 288 g/mol. The van der Waals surface area contributed by atoms with Crippen molar-refractivity contribution in [2.45, 2.75) is 44.6 Å². The number of ether oxygens (including phenoxy) is 1. The topological polar surface area (TPSA) is 32.8 Å². The number of likely N-dealkylation sites (tertiary alicyclic amines) is 2. The predicted octanol–water partition coefficient (Wildman–Crippen LogP) is 2.93. The standard InChI is InChI=1S/C19H28N2O2/c22-19(11-8-14-20-12-6-1-2-7-13-20)21-15-18(16-21)23-17-9-4-3-5-10-17/h3-5,9-10,18H,1-2,6-8,11-16H2. The second kappa shape index (κ2) is 8.34. The van der Waals surface area contributed by atoms with Gasteiger partial charge >= 0.3 is 0 Å². The van der Waals surface area contributed by atoms with E-state index in [1.807, 2.05) is 35.2 Å². The van der Waals surface area contributed by atoms with Crippen molar-refractivity contribution in [2.24, 2.45) is 0 Å². The molecule has 0 saturated carbocycles. The highest BCUT2D eigenvalue weighted by Crippen LogP contribution is 2.18. The van der Waals surface area contributed by atoms with Gasteiger partial charge in [-0.3, -0.25) is 4.79 Å². The zero-order chi connectivity index (χ0) is 15.9. The summed E-state index contributed by atoms with van der Waals surface area (Å²) in [5.74, 6) is 1.18. The lowest BCUT2D eigenvalue weighted by Gasteiger charge is -2.39. The fourth-order valence-corrected chi connectivity index (χ4v) is 3.38. The smallest absolute Gasteiger partial charge is 0.222 e. The van der Waals surface area contributed by atoms with Gasteiger partial charge in [-0.2, -0.15) is 0 Å². The van der Waals surface area contributed by atoms with Crippen LogP contribution in [0, 0.1) is 0 Å². The molecule has 0 unspecified atom stereocenters. The van der Waals surface area contributed by atoms with Crippen molar-refractivity contribution in [1.82, 2.24) is 9.80 Å². The molecule has 0 bridgehead atoms. The second-order valence-electron chi connectivity index (χ2n) is 6.71. The van der Waals surface area contributed by atoms with E-state index >= 15 is 0 Å². The number of carbonyl (C=O) groups excluding carboxylic acids is 1. The maximum Gasteiger partial charge on any atom is 0.222 e. The first-order valence-corrected chi connectivity index (χ1v) is 9.03. The lowest BCUT2D eigenvalue weighted by molar-refractivity contribution is -0.140. The molecule has 0 aromatic heterocycles. The Hall–Kier alpha value is -1.55. The molecule has 2 heterocycles. The van der Waals surface area contributed by atoms with Gasteiger partial charge in [0, 0.05) is 6.42 Å². The van der Waals surface area contributed by atoms with E-state index in [9.17, 15) is 4.79 Å². The molecule has 2 saturated heterocycles. The van der Waals surface area contributed by atoms with Crippen molar-refractivity contribution in [3.8, 4) is 5.75 Å². The number of rotatable bonds is 6. The predicted molar refractivity (Wildman–Crippen MR) is 91.6 cm³/mol. The molecule has 2 fully saturated rings. The third-order valence-electron chi connectivity index (χ3n) is 4.81. The van der Waals surface area contributed by atoms with Crippen LogP contribution in [0.25, 0.3) is 0 Å². The van der Waals surface area contributed by atoms with E-state index in [1.165, 1.54) is 38.8 Å². The quantitative estimate of drug-likeness (QED) is 0.809. The molecule has 23 heavy (non-hydrogen) atoms. The van der Waals surface area contributed by atoms with Crippen LogP contribution in [0.2, 0.25) is 0 Å². The van der Waals surface area contributed by atoms with Crippen LogP contribution < -0.4 is 4.74 Å². The number of nitrogens with zero attached hydrogens (tertiary/aromatic N) is 2. The molecule has 1 amide bonds. The van der Waals surface area contributed by atoms with E-state index in [2.05, 4.69) is 4.90 Å². The van der Waals surface area contributed by atoms with Gasteiger partial charge in [-0.15, -0.1) is 0 Å². The van der Waals surface area contributed by atoms with E-state index in [0.717, 1.165) is 31.8 Å². The Kier molecular flexibility index (Phi) is 5.92. The molecule has 1 aromatic rings. The molecule has 4 nitrogen and oxygen atoms in total. The Bertz CT molecular complexity index is 477. The lowest BCUT2D eigenvalue weighted by atomic mass is 10.1. The highest BCUT2D eigenvalue weighted by molar-refractivity contribution is 5.77. The van der Waals surface area contributed by atoms with Crippen molar-refractivity contribution in [3.63, 3.8) is 0 Å². The van der Waals surface area contributed by atoms with Crippen molar-refractivity contribution in [2.75, 3.05) is 32.7 Å². The molecule has 4 heteroatoms. The molecule has 0 spiro atoms. The van der Waals surface area contributed by atoms with Crippen molar-refractivity contribution < 1.29 is 9.53 Å². The Morgan fingerprint density at radius 1 is 1.04 bits per heavy atom. The third kappa shape index (κ3) is 4.96. The Balaban J connectivity index is 1.30. The molecule has 2 aliphatic rings. The maximum absolute atomic E-state index is 12.2. The molecule has 126 valence electrons. The van der Waals surface area contributed by atoms with Crippen molar-refractivity contribution in [1.29, 1.82) is 0 Å². The lowest BCUT2D eigenvalue weighted by Crippen LogP contribution is -2.56. The summed E-state index contributed by atoms with van der Waals surface area (Å²) in [6.45, 7) is 4.97. The molecule has 1 aromatic carbocycles. The Labute approximate surface area is 139 Å². The summed E-state index contributed by atoms with van der Waals surface area (Å²) in [7, 11) is 0. The SMILES string of the molecule is O=C(CCCN1CCCCCC1)N1CC(Oc2ccccc2)C1. The van der Waals surface area contributed by atoms with Crippen molar-refractivity contribution >= 4 is 5.91 Å². The van der Waals surface area contributed by atoms with Gasteiger partial charge < -0.3 is 14.5 Å². The average Bonchev–Trinajstić information content (AvgIpc) is 2.80. The summed E-state index contributed by atoms with van der Waals surface area (Å²) in [5.41, 5.74) is 0. The van der Waals surface area contributed by atoms with Crippen LogP contribution >= 0.6 is 0 Å². The second-order valence-corrected chi connectivity index (χ2v) is 6.71. The highest BCUT2D eigenvalue weighted by atomic mass is 16.5. The minimum atomic E-state index is 0.159. The summed E-state index contributed by atoms with van der Waals surface area (Å²) in [6.07, 6.45) is 7.19. The minimum Gasteiger partial charge on any atom is -0.487 e. The summed E-state index contributed by atoms with van der Waals surface area (Å²) in [5, 5.41) is 0. The molecule has 3 rings (SSSR count). The van der Waals surface area contributed by atoms with E-state index < -0.39 is 0 Å². The fourth-order valence-electron chi connectivity index (χ4n) is 3.38. The van der Waals surface area contributed by atoms with Crippen LogP contribution in [-0.4, -0.2) is 54.5 Å². The van der Waals surface area contributed by atoms with E-state index in [-0.39, 0.29) is 12.0 Å². The number of amides is 1. The van der Waals surface area contributed by atoms with Gasteiger partial charge in [-0.05, 0) is 51.0 Å². The summed E-state index contributed by atoms with van der Waals surface area (Å²) < 4.78 is 5.84. The molecular formula is C19H28N2O2. The van der Waals surface area contributed by atoms with E-state index in [1.54, 1.807) is 0 Å². The number of carbonyl (C=O) groups is 1. The largest absolute Gasteiger partial charge is 0.487 e. The number of hydrogen-bond acceptors (Lipinski definition) is 3. The number of hydrogen-bond donors (Lipinski definition) is 0. The summed E-state index contributed by atoms with van der Waals surface area (Å²) in [6, 6.07) is 9.85. The minimum absolute atomic E-state index is 0.159. The normalized spacial score (nSPS) is 19.9. The van der Waals surface area contributed by atoms with Gasteiger partial charge in [0.2, 0.25) is 5.91 Å². The monoisotopic (exact) mass is 316 g/mol. The Morgan fingerprint density at radius 3 is 2.43 bits per heavy atom. The molecule has 2 aliphatic heterocycles. The van der Waals surface area contributed by atoms with Gasteiger partial charge in [-0.1, -0.05) is 31.0 Å². The number of para-hydroxylation sites is 1. The van der Waals surface area contributed by atoms with Gasteiger partial charge in [0.15, 0.2) is 0 Å². The van der Waals surface area contributed by atoms with Crippen LogP contribution in [0.5, 0.6) is 5.75 Å². The first-order valence-electron chi connectivity index (χ1n) is 9.03. The van der Waals surface area contributed by atoms with Gasteiger partial charge in [0.05, 0.1) is 13.1 Å². The van der Waals surface area contributed by atoms with E-state index in [0.29, 0.717) is 6.42 Å². The average molecular weight is 316 g/mol. The summed E-state index contributed by atoms with van der Waals surface area (Å²) >= 11 is 0.